The summed E-state index contributed by atoms with van der Waals surface area (Å²) in [5.74, 6) is -0.191. The molecule has 0 amide bonds. The Morgan fingerprint density at radius 1 is 1.08 bits per heavy atom. The van der Waals surface area contributed by atoms with E-state index >= 15 is 0 Å². The SMILES string of the molecule is CC(=O)c1ccc2c(c1)[C@H]1C=CC[C@H]1[C@H](c1ccc(C(=O)O)cc1)N2. The molecular weight excluding hydrogens is 314 g/mol. The molecular formula is C21H19NO3. The van der Waals surface area contributed by atoms with E-state index < -0.39 is 5.97 Å². The Bertz CT molecular complexity index is 883. The molecule has 1 aliphatic carbocycles. The Labute approximate surface area is 146 Å². The van der Waals surface area contributed by atoms with Gasteiger partial charge in [-0.1, -0.05) is 24.3 Å². The molecule has 4 nitrogen and oxygen atoms in total. The van der Waals surface area contributed by atoms with Gasteiger partial charge in [0.05, 0.1) is 11.6 Å². The van der Waals surface area contributed by atoms with Crippen LogP contribution in [-0.4, -0.2) is 16.9 Å². The quantitative estimate of drug-likeness (QED) is 0.645. The van der Waals surface area contributed by atoms with Gasteiger partial charge in [-0.25, -0.2) is 4.79 Å². The van der Waals surface area contributed by atoms with E-state index in [1.165, 1.54) is 5.56 Å². The summed E-state index contributed by atoms with van der Waals surface area (Å²) in [6, 6.07) is 13.1. The predicted molar refractivity (Wildman–Crippen MR) is 96.2 cm³/mol. The molecule has 0 saturated carbocycles. The Morgan fingerprint density at radius 3 is 2.48 bits per heavy atom. The number of hydrogen-bond donors (Lipinski definition) is 2. The topological polar surface area (TPSA) is 66.4 Å². The molecule has 1 aliphatic heterocycles. The van der Waals surface area contributed by atoms with Gasteiger partial charge in [-0.05, 0) is 60.7 Å². The summed E-state index contributed by atoms with van der Waals surface area (Å²) < 4.78 is 0. The second-order valence-electron chi connectivity index (χ2n) is 6.76. The zero-order valence-electron chi connectivity index (χ0n) is 13.9. The Morgan fingerprint density at radius 2 is 1.80 bits per heavy atom. The minimum absolute atomic E-state index is 0.0766. The summed E-state index contributed by atoms with van der Waals surface area (Å²) in [5, 5.41) is 12.7. The number of carboxylic acids is 1. The van der Waals surface area contributed by atoms with Crippen molar-refractivity contribution >= 4 is 17.4 Å². The first-order valence-corrected chi connectivity index (χ1v) is 8.46. The maximum atomic E-state index is 11.7. The van der Waals surface area contributed by atoms with Gasteiger partial charge in [-0.15, -0.1) is 0 Å². The van der Waals surface area contributed by atoms with Crippen LogP contribution in [0.5, 0.6) is 0 Å². The largest absolute Gasteiger partial charge is 0.478 e. The third-order valence-corrected chi connectivity index (χ3v) is 5.29. The van der Waals surface area contributed by atoms with Gasteiger partial charge < -0.3 is 10.4 Å². The zero-order valence-corrected chi connectivity index (χ0v) is 13.9. The highest BCUT2D eigenvalue weighted by Crippen LogP contribution is 2.49. The Balaban J connectivity index is 1.72. The van der Waals surface area contributed by atoms with Crippen LogP contribution in [0.15, 0.2) is 54.6 Å². The van der Waals surface area contributed by atoms with Crippen LogP contribution in [0.4, 0.5) is 5.69 Å². The smallest absolute Gasteiger partial charge is 0.335 e. The van der Waals surface area contributed by atoms with Crippen LogP contribution in [0.25, 0.3) is 0 Å². The van der Waals surface area contributed by atoms with Crippen LogP contribution < -0.4 is 5.32 Å². The zero-order chi connectivity index (χ0) is 17.6. The molecule has 0 bridgehead atoms. The van der Waals surface area contributed by atoms with Crippen LogP contribution in [0.2, 0.25) is 0 Å². The molecule has 0 fully saturated rings. The highest BCUT2D eigenvalue weighted by Gasteiger charge is 2.38. The highest BCUT2D eigenvalue weighted by molar-refractivity contribution is 5.95. The van der Waals surface area contributed by atoms with Gasteiger partial charge in [0, 0.05) is 17.2 Å². The van der Waals surface area contributed by atoms with Crippen molar-refractivity contribution in [2.45, 2.75) is 25.3 Å². The van der Waals surface area contributed by atoms with E-state index in [1.807, 2.05) is 30.3 Å². The lowest BCUT2D eigenvalue weighted by molar-refractivity contribution is 0.0696. The van der Waals surface area contributed by atoms with Crippen molar-refractivity contribution in [3.63, 3.8) is 0 Å². The van der Waals surface area contributed by atoms with Crippen LogP contribution in [0.1, 0.15) is 57.1 Å². The molecule has 0 unspecified atom stereocenters. The molecule has 0 aromatic heterocycles. The van der Waals surface area contributed by atoms with Gasteiger partial charge >= 0.3 is 5.97 Å². The van der Waals surface area contributed by atoms with E-state index in [2.05, 4.69) is 17.5 Å². The van der Waals surface area contributed by atoms with Gasteiger partial charge in [-0.3, -0.25) is 4.79 Å². The summed E-state index contributed by atoms with van der Waals surface area (Å²) in [6.45, 7) is 1.59. The van der Waals surface area contributed by atoms with Crippen molar-refractivity contribution in [2.75, 3.05) is 5.32 Å². The lowest BCUT2D eigenvalue weighted by atomic mass is 9.76. The van der Waals surface area contributed by atoms with Crippen LogP contribution in [-0.2, 0) is 0 Å². The second kappa shape index (κ2) is 5.88. The molecule has 3 atom stereocenters. The Hall–Kier alpha value is -2.88. The maximum Gasteiger partial charge on any atom is 0.335 e. The van der Waals surface area contributed by atoms with Crippen molar-refractivity contribution in [2.24, 2.45) is 5.92 Å². The van der Waals surface area contributed by atoms with Gasteiger partial charge in [0.2, 0.25) is 0 Å². The number of allylic oxidation sites excluding steroid dienone is 2. The van der Waals surface area contributed by atoms with E-state index in [-0.39, 0.29) is 17.7 Å². The molecule has 0 saturated heterocycles. The average Bonchev–Trinajstić information content (AvgIpc) is 3.10. The lowest BCUT2D eigenvalue weighted by Gasteiger charge is -2.37. The summed E-state index contributed by atoms with van der Waals surface area (Å²) in [7, 11) is 0. The maximum absolute atomic E-state index is 11.7. The lowest BCUT2D eigenvalue weighted by Crippen LogP contribution is -2.29. The van der Waals surface area contributed by atoms with Crippen molar-refractivity contribution in [3.8, 4) is 0 Å². The van der Waals surface area contributed by atoms with Crippen molar-refractivity contribution in [3.05, 3.63) is 76.9 Å². The molecule has 0 radical (unpaired) electrons. The number of rotatable bonds is 3. The van der Waals surface area contributed by atoms with Crippen molar-refractivity contribution in [1.29, 1.82) is 0 Å². The monoisotopic (exact) mass is 333 g/mol. The summed E-state index contributed by atoms with van der Waals surface area (Å²) in [5.41, 5.74) is 4.34. The third kappa shape index (κ3) is 2.64. The number of carboxylic acid groups (broad SMARTS) is 1. The normalized spacial score (nSPS) is 23.5. The minimum Gasteiger partial charge on any atom is -0.478 e. The first-order chi connectivity index (χ1) is 12.0. The molecule has 126 valence electrons. The molecule has 1 heterocycles. The van der Waals surface area contributed by atoms with E-state index in [0.717, 1.165) is 23.2 Å². The molecule has 25 heavy (non-hydrogen) atoms. The standard InChI is InChI=1S/C21H19NO3/c1-12(23)15-9-10-19-18(11-15)16-3-2-4-17(16)20(22-19)13-5-7-14(8-6-13)21(24)25/h2-3,5-11,16-17,20,22H,4H2,1H3,(H,24,25)/t16-,17+,20-/m0/s1. The molecule has 4 rings (SSSR count). The molecule has 4 heteroatoms. The predicted octanol–water partition coefficient (Wildman–Crippen LogP) is 4.41. The average molecular weight is 333 g/mol. The van der Waals surface area contributed by atoms with Crippen molar-refractivity contribution in [1.82, 2.24) is 0 Å². The molecule has 0 spiro atoms. The van der Waals surface area contributed by atoms with E-state index in [9.17, 15) is 9.59 Å². The third-order valence-electron chi connectivity index (χ3n) is 5.29. The first kappa shape index (κ1) is 15.6. The van der Waals surface area contributed by atoms with Crippen LogP contribution >= 0.6 is 0 Å². The number of aromatic carboxylic acids is 1. The fourth-order valence-corrected chi connectivity index (χ4v) is 3.98. The number of hydrogen-bond acceptors (Lipinski definition) is 3. The van der Waals surface area contributed by atoms with Crippen LogP contribution in [0.3, 0.4) is 0 Å². The van der Waals surface area contributed by atoms with Crippen molar-refractivity contribution < 1.29 is 14.7 Å². The van der Waals surface area contributed by atoms with Gasteiger partial charge in [0.1, 0.15) is 0 Å². The summed E-state index contributed by atoms with van der Waals surface area (Å²) in [4.78, 5) is 22.8. The fraction of sp³-hybridized carbons (Fsp3) is 0.238. The fourth-order valence-electron chi connectivity index (χ4n) is 3.98. The minimum atomic E-state index is -0.911. The van der Waals surface area contributed by atoms with Crippen LogP contribution in [0, 0.1) is 5.92 Å². The number of fused-ring (bicyclic) bond motifs is 3. The van der Waals surface area contributed by atoms with Gasteiger partial charge in [0.25, 0.3) is 0 Å². The number of benzene rings is 2. The number of carbonyl (C=O) groups excluding carboxylic acids is 1. The summed E-state index contributed by atoms with van der Waals surface area (Å²) in [6.07, 6.45) is 5.39. The van der Waals surface area contributed by atoms with E-state index in [0.29, 0.717) is 11.5 Å². The highest BCUT2D eigenvalue weighted by atomic mass is 16.4. The number of ketones is 1. The van der Waals surface area contributed by atoms with Gasteiger partial charge in [0.15, 0.2) is 5.78 Å². The molecule has 2 aliphatic rings. The second-order valence-corrected chi connectivity index (χ2v) is 6.76. The van der Waals surface area contributed by atoms with Gasteiger partial charge in [-0.2, -0.15) is 0 Å². The van der Waals surface area contributed by atoms with E-state index in [1.54, 1.807) is 19.1 Å². The number of anilines is 1. The number of carbonyl (C=O) groups is 2. The number of nitrogens with one attached hydrogen (secondary N) is 1. The Kier molecular flexibility index (Phi) is 3.68. The molecule has 2 aromatic rings. The number of Topliss-reactive ketones (excluding diaryl/α,β-unsaturated/α-hetero) is 1. The first-order valence-electron chi connectivity index (χ1n) is 8.46. The van der Waals surface area contributed by atoms with E-state index in [4.69, 9.17) is 5.11 Å². The molecule has 2 N–H and O–H groups in total. The summed E-state index contributed by atoms with van der Waals surface area (Å²) >= 11 is 0. The molecule has 2 aromatic carbocycles.